The molecule has 3 aliphatic carbocycles. The van der Waals surface area contributed by atoms with Crippen LogP contribution in [0.3, 0.4) is 0 Å². The second-order valence-corrected chi connectivity index (χ2v) is 7.17. The van der Waals surface area contributed by atoms with Crippen molar-refractivity contribution in [2.45, 2.75) is 57.4 Å². The van der Waals surface area contributed by atoms with Crippen LogP contribution in [0.5, 0.6) is 0 Å². The van der Waals surface area contributed by atoms with Gasteiger partial charge in [0.1, 0.15) is 0 Å². The molecule has 140 valence electrons. The zero-order valence-corrected chi connectivity index (χ0v) is 15.5. The number of allylic oxidation sites excluding steroid dienone is 6. The number of carbonyl (C=O) groups excluding carboxylic acids is 2. The lowest BCUT2D eigenvalue weighted by atomic mass is 9.73. The molecule has 2 unspecified atom stereocenters. The minimum Gasteiger partial charge on any atom is -0.469 e. The van der Waals surface area contributed by atoms with Crippen molar-refractivity contribution in [3.63, 3.8) is 0 Å². The molecule has 0 saturated heterocycles. The Morgan fingerprint density at radius 3 is 2.64 bits per heavy atom. The molecule has 0 spiro atoms. The molecule has 0 aromatic rings. The molecule has 2 fully saturated rings. The van der Waals surface area contributed by atoms with Crippen LogP contribution in [0.25, 0.3) is 0 Å². The topological polar surface area (TPSA) is 64.6 Å². The average molecular weight is 349 g/mol. The highest BCUT2D eigenvalue weighted by atomic mass is 16.5. The second-order valence-electron chi connectivity index (χ2n) is 7.17. The van der Waals surface area contributed by atoms with Crippen molar-refractivity contribution < 1.29 is 20.5 Å². The predicted octanol–water partition coefficient (Wildman–Crippen LogP) is 4.30. The van der Waals surface area contributed by atoms with Gasteiger partial charge in [0.15, 0.2) is 0 Å². The summed E-state index contributed by atoms with van der Waals surface area (Å²) in [6, 6.07) is 0. The highest BCUT2D eigenvalue weighted by Crippen LogP contribution is 2.54. The Hall–Kier alpha value is -2.04. The fraction of sp³-hybridized carbons (Fsp3) is 0.600. The average Bonchev–Trinajstić information content (AvgIpc) is 2.76. The summed E-state index contributed by atoms with van der Waals surface area (Å²) in [5.41, 5.74) is 0.711. The van der Waals surface area contributed by atoms with Crippen LogP contribution in [0.1, 0.15) is 53.3 Å². The lowest BCUT2D eigenvalue weighted by Gasteiger charge is -2.37. The van der Waals surface area contributed by atoms with Gasteiger partial charge in [0, 0.05) is 6.97 Å². The number of rotatable bonds is 2. The van der Waals surface area contributed by atoms with Gasteiger partial charge >= 0.3 is 12.1 Å². The number of esters is 1. The first-order chi connectivity index (χ1) is 12.0. The second kappa shape index (κ2) is 8.37. The number of nitrogens with one attached hydrogen (secondary N) is 1. The summed E-state index contributed by atoms with van der Waals surface area (Å²) in [5.74, 6) is -0.134. The van der Waals surface area contributed by atoms with Crippen LogP contribution in [0, 0.1) is 5.41 Å². The van der Waals surface area contributed by atoms with Crippen LogP contribution in [0.4, 0.5) is 4.79 Å². The third-order valence-electron chi connectivity index (χ3n) is 5.42. The van der Waals surface area contributed by atoms with Gasteiger partial charge in [-0.2, -0.15) is 0 Å². The maximum absolute atomic E-state index is 11.9. The Morgan fingerprint density at radius 1 is 1.12 bits per heavy atom. The van der Waals surface area contributed by atoms with E-state index in [-0.39, 0.29) is 18.3 Å². The molecule has 3 aliphatic rings. The molecule has 1 amide bonds. The van der Waals surface area contributed by atoms with Gasteiger partial charge in [0.05, 0.1) is 19.6 Å². The highest BCUT2D eigenvalue weighted by molar-refractivity contribution is 5.78. The zero-order chi connectivity index (χ0) is 18.3. The van der Waals surface area contributed by atoms with E-state index in [4.69, 9.17) is 4.74 Å². The fourth-order valence-corrected chi connectivity index (χ4v) is 4.11. The van der Waals surface area contributed by atoms with Crippen molar-refractivity contribution in [3.8, 4) is 0 Å². The van der Waals surface area contributed by atoms with Gasteiger partial charge < -0.3 is 14.8 Å². The lowest BCUT2D eigenvalue weighted by molar-refractivity contribution is -0.154. The molecule has 5 nitrogen and oxygen atoms in total. The monoisotopic (exact) mass is 349 g/mol. The van der Waals surface area contributed by atoms with E-state index in [1.807, 2.05) is 0 Å². The molecule has 0 aromatic carbocycles. The SMILES string of the molecule is CC1=CCC=CC=C1.COC(=O)NC12CCCC(C(=O)OC)(CC1)C2.[HH]. The fourth-order valence-electron chi connectivity index (χ4n) is 4.11. The summed E-state index contributed by atoms with van der Waals surface area (Å²) in [6.45, 7) is 2.11. The maximum Gasteiger partial charge on any atom is 0.407 e. The molecule has 25 heavy (non-hydrogen) atoms. The molecule has 2 saturated carbocycles. The van der Waals surface area contributed by atoms with E-state index in [0.29, 0.717) is 6.42 Å². The minimum absolute atomic E-state index is 0. The van der Waals surface area contributed by atoms with E-state index >= 15 is 0 Å². The van der Waals surface area contributed by atoms with E-state index in [1.54, 1.807) is 0 Å². The van der Waals surface area contributed by atoms with Crippen molar-refractivity contribution in [1.29, 1.82) is 0 Å². The Morgan fingerprint density at radius 2 is 1.92 bits per heavy atom. The maximum atomic E-state index is 11.9. The van der Waals surface area contributed by atoms with Crippen molar-refractivity contribution in [2.24, 2.45) is 5.41 Å². The largest absolute Gasteiger partial charge is 0.469 e. The first-order valence-electron chi connectivity index (χ1n) is 8.90. The molecular weight excluding hydrogens is 318 g/mol. The summed E-state index contributed by atoms with van der Waals surface area (Å²) in [4.78, 5) is 23.2. The van der Waals surface area contributed by atoms with Crippen molar-refractivity contribution in [3.05, 3.63) is 36.0 Å². The summed E-state index contributed by atoms with van der Waals surface area (Å²) < 4.78 is 9.56. The molecular formula is C20H31NO4. The first-order valence-corrected chi connectivity index (χ1v) is 8.90. The Balaban J connectivity index is 0.000000318. The summed E-state index contributed by atoms with van der Waals surface area (Å²) in [7, 11) is 2.79. The molecule has 0 aromatic heterocycles. The molecule has 2 atom stereocenters. The van der Waals surface area contributed by atoms with Crippen molar-refractivity contribution in [1.82, 2.24) is 5.32 Å². The number of hydrogen-bond acceptors (Lipinski definition) is 4. The van der Waals surface area contributed by atoms with Crippen molar-refractivity contribution in [2.75, 3.05) is 14.2 Å². The van der Waals surface area contributed by atoms with E-state index in [9.17, 15) is 9.59 Å². The predicted molar refractivity (Wildman–Crippen MR) is 99.2 cm³/mol. The molecule has 0 aliphatic heterocycles. The number of alkyl carbamates (subject to hydrolysis) is 1. The highest BCUT2D eigenvalue weighted by Gasteiger charge is 2.56. The van der Waals surface area contributed by atoms with Crippen LogP contribution in [-0.2, 0) is 14.3 Å². The molecule has 5 heteroatoms. The number of methoxy groups -OCH3 is 2. The van der Waals surface area contributed by atoms with Gasteiger partial charge in [-0.15, -0.1) is 0 Å². The van der Waals surface area contributed by atoms with Crippen LogP contribution < -0.4 is 5.32 Å². The summed E-state index contributed by atoms with van der Waals surface area (Å²) in [5, 5.41) is 2.91. The van der Waals surface area contributed by atoms with Gasteiger partial charge in [-0.05, 0) is 51.9 Å². The van der Waals surface area contributed by atoms with Crippen molar-refractivity contribution >= 4 is 12.1 Å². The number of hydrogen-bond donors (Lipinski definition) is 1. The number of carbonyl (C=O) groups is 2. The normalized spacial score (nSPS) is 29.6. The van der Waals surface area contributed by atoms with Gasteiger partial charge in [-0.1, -0.05) is 36.0 Å². The zero-order valence-electron chi connectivity index (χ0n) is 15.5. The molecule has 1 N–H and O–H groups in total. The van der Waals surface area contributed by atoms with Gasteiger partial charge in [-0.25, -0.2) is 4.79 Å². The number of fused-ring (bicyclic) bond motifs is 2. The van der Waals surface area contributed by atoms with E-state index in [0.717, 1.165) is 38.5 Å². The van der Waals surface area contributed by atoms with Gasteiger partial charge in [-0.3, -0.25) is 4.79 Å². The molecule has 0 radical (unpaired) electrons. The Kier molecular flexibility index (Phi) is 6.45. The first kappa shape index (κ1) is 19.3. The van der Waals surface area contributed by atoms with Crippen LogP contribution in [0.2, 0.25) is 0 Å². The third-order valence-corrected chi connectivity index (χ3v) is 5.42. The molecule has 2 bridgehead atoms. The Bertz CT molecular complexity index is 596. The minimum atomic E-state index is -0.410. The number of amides is 1. The van der Waals surface area contributed by atoms with Crippen LogP contribution in [0.15, 0.2) is 36.0 Å². The van der Waals surface area contributed by atoms with Gasteiger partial charge in [0.2, 0.25) is 0 Å². The van der Waals surface area contributed by atoms with E-state index in [1.165, 1.54) is 19.8 Å². The van der Waals surface area contributed by atoms with Crippen LogP contribution >= 0.6 is 0 Å². The van der Waals surface area contributed by atoms with E-state index in [2.05, 4.69) is 47.4 Å². The Labute approximate surface area is 151 Å². The lowest BCUT2D eigenvalue weighted by Crippen LogP contribution is -2.50. The number of ether oxygens (including phenoxy) is 2. The quantitative estimate of drug-likeness (QED) is 0.755. The third kappa shape index (κ3) is 4.74. The van der Waals surface area contributed by atoms with Crippen LogP contribution in [-0.4, -0.2) is 31.8 Å². The molecule has 3 rings (SSSR count). The van der Waals surface area contributed by atoms with Gasteiger partial charge in [0.25, 0.3) is 0 Å². The smallest absolute Gasteiger partial charge is 0.407 e. The summed E-state index contributed by atoms with van der Waals surface area (Å²) in [6.07, 6.45) is 16.3. The summed E-state index contributed by atoms with van der Waals surface area (Å²) >= 11 is 0. The standard InChI is InChI=1S/C12H19NO4.C8H10.H2/c1-16-9(14)11-4-3-5-12(8-11,7-6-11)13-10(15)17-2;1-8-6-4-2-3-5-7-8;/h3-8H2,1-2H3,(H,13,15);2-4,6-7H,5H2,1H3;1H. The molecule has 0 heterocycles. The van der Waals surface area contributed by atoms with E-state index < -0.39 is 6.09 Å².